The van der Waals surface area contributed by atoms with Crippen LogP contribution in [0.3, 0.4) is 0 Å². The van der Waals surface area contributed by atoms with E-state index in [0.29, 0.717) is 26.2 Å². The van der Waals surface area contributed by atoms with Gasteiger partial charge < -0.3 is 29.4 Å². The highest BCUT2D eigenvalue weighted by Crippen LogP contribution is 2.19. The molecule has 1 aliphatic heterocycles. The van der Waals surface area contributed by atoms with E-state index in [1.165, 1.54) is 0 Å². The van der Waals surface area contributed by atoms with E-state index in [1.54, 1.807) is 6.92 Å². The van der Waals surface area contributed by atoms with Crippen LogP contribution in [0, 0.1) is 11.8 Å². The van der Waals surface area contributed by atoms with Crippen molar-refractivity contribution in [1.82, 2.24) is 10.2 Å². The molecule has 1 heterocycles. The normalized spacial score (nSPS) is 15.8. The van der Waals surface area contributed by atoms with Gasteiger partial charge in [-0.3, -0.25) is 19.3 Å². The maximum atomic E-state index is 11.9. The number of nitrogens with zero attached hydrogens (tertiary/aromatic N) is 1. The summed E-state index contributed by atoms with van der Waals surface area (Å²) in [5.74, 6) is -0.177. The minimum Gasteiger partial charge on any atom is -0.388 e. The SMILES string of the molecule is CC.CC.CC(C)CCOC(C)(C)C.CC1CC(=O)N(CCC(=O)NCCCOCC(O)COC(C)(C)CCOC(C)(C)C)C1=O. The fraction of sp³-hybridized carbons (Fsp3) is 0.917. The summed E-state index contributed by atoms with van der Waals surface area (Å²) in [6.07, 6.45) is 2.06. The Kier molecular flexibility index (Phi) is 28.0. The third kappa shape index (κ3) is 29.8. The minimum absolute atomic E-state index is 0.0366. The van der Waals surface area contributed by atoms with Crippen LogP contribution in [0.1, 0.15) is 136 Å². The maximum absolute atomic E-state index is 11.9. The summed E-state index contributed by atoms with van der Waals surface area (Å²) in [4.78, 5) is 36.6. The highest BCUT2D eigenvalue weighted by molar-refractivity contribution is 6.03. The Morgan fingerprint density at radius 2 is 1.43 bits per heavy atom. The molecule has 0 aliphatic carbocycles. The van der Waals surface area contributed by atoms with Crippen molar-refractivity contribution in [2.75, 3.05) is 46.1 Å². The summed E-state index contributed by atoms with van der Waals surface area (Å²) in [6.45, 7) is 33.1. The Balaban J connectivity index is -0.00000111. The van der Waals surface area contributed by atoms with Crippen LogP contribution >= 0.6 is 0 Å². The smallest absolute Gasteiger partial charge is 0.232 e. The van der Waals surface area contributed by atoms with Crippen LogP contribution in [0.15, 0.2) is 0 Å². The molecule has 0 saturated carbocycles. The lowest BCUT2D eigenvalue weighted by molar-refractivity contribution is -0.139. The number of carbonyl (C=O) groups is 3. The molecular weight excluding hydrogens is 588 g/mol. The Bertz CT molecular complexity index is 788. The zero-order chi connectivity index (χ0) is 36.6. The van der Waals surface area contributed by atoms with Crippen molar-refractivity contribution < 1.29 is 38.4 Å². The number of nitrogens with one attached hydrogen (secondary N) is 1. The van der Waals surface area contributed by atoms with Gasteiger partial charge in [0.05, 0.1) is 30.0 Å². The van der Waals surface area contributed by atoms with Gasteiger partial charge in [-0.2, -0.15) is 0 Å². The zero-order valence-corrected chi connectivity index (χ0v) is 32.5. The minimum atomic E-state index is -0.731. The van der Waals surface area contributed by atoms with Crippen LogP contribution in [0.5, 0.6) is 0 Å². The van der Waals surface area contributed by atoms with Gasteiger partial charge in [0.1, 0.15) is 6.10 Å². The molecule has 0 aromatic heterocycles. The van der Waals surface area contributed by atoms with Gasteiger partial charge in [0.2, 0.25) is 17.7 Å². The fourth-order valence-corrected chi connectivity index (χ4v) is 3.65. The first-order valence-electron chi connectivity index (χ1n) is 17.5. The van der Waals surface area contributed by atoms with Crippen molar-refractivity contribution in [2.45, 2.75) is 159 Å². The van der Waals surface area contributed by atoms with E-state index in [9.17, 15) is 19.5 Å². The van der Waals surface area contributed by atoms with Gasteiger partial charge in [-0.05, 0) is 80.6 Å². The molecule has 2 N–H and O–H groups in total. The maximum Gasteiger partial charge on any atom is 0.232 e. The van der Waals surface area contributed by atoms with Crippen molar-refractivity contribution >= 4 is 17.7 Å². The largest absolute Gasteiger partial charge is 0.388 e. The van der Waals surface area contributed by atoms with Crippen LogP contribution in [0.25, 0.3) is 0 Å². The predicted molar refractivity (Wildman–Crippen MR) is 188 cm³/mol. The van der Waals surface area contributed by atoms with Crippen molar-refractivity contribution in [3.05, 3.63) is 0 Å². The van der Waals surface area contributed by atoms with E-state index in [-0.39, 0.29) is 67.4 Å². The average molecular weight is 663 g/mol. The summed E-state index contributed by atoms with van der Waals surface area (Å²) in [7, 11) is 0. The summed E-state index contributed by atoms with van der Waals surface area (Å²) in [5.41, 5.74) is -0.554. The molecule has 1 rings (SSSR count). The van der Waals surface area contributed by atoms with Gasteiger partial charge in [-0.25, -0.2) is 0 Å². The standard InChI is InChI=1S/C23H42N2O7.C9H20O.2C2H6/c1-17-14-20(28)25(21(17)29)11-8-19(27)24-10-7-12-30-15-18(26)16-32-23(5,6)9-13-31-22(2,3)4;1-8(2)6-7-10-9(3,4)5;2*1-2/h17-18,26H,7-16H2,1-6H3,(H,24,27);8H,6-7H2,1-5H3;2*1-2H3. The topological polar surface area (TPSA) is 124 Å². The van der Waals surface area contributed by atoms with E-state index in [0.717, 1.165) is 30.3 Å². The van der Waals surface area contributed by atoms with Gasteiger partial charge in [-0.15, -0.1) is 0 Å². The third-order valence-corrected chi connectivity index (χ3v) is 6.27. The molecule has 3 amide bonds. The quantitative estimate of drug-likeness (QED) is 0.125. The molecule has 0 radical (unpaired) electrons. The van der Waals surface area contributed by atoms with E-state index >= 15 is 0 Å². The fourth-order valence-electron chi connectivity index (χ4n) is 3.65. The molecular formula is C36H74N2O8. The Morgan fingerprint density at radius 3 is 1.91 bits per heavy atom. The van der Waals surface area contributed by atoms with Gasteiger partial charge >= 0.3 is 0 Å². The van der Waals surface area contributed by atoms with E-state index in [2.05, 4.69) is 39.9 Å². The summed E-state index contributed by atoms with van der Waals surface area (Å²) < 4.78 is 22.5. The molecule has 0 aromatic rings. The number of amides is 3. The monoisotopic (exact) mass is 663 g/mol. The van der Waals surface area contributed by atoms with Crippen molar-refractivity contribution in [2.24, 2.45) is 11.8 Å². The second-order valence-electron chi connectivity index (χ2n) is 14.1. The van der Waals surface area contributed by atoms with Gasteiger partial charge in [0, 0.05) is 51.7 Å². The summed E-state index contributed by atoms with van der Waals surface area (Å²) >= 11 is 0. The number of carbonyl (C=O) groups excluding carboxylic acids is 3. The number of hydrogen-bond acceptors (Lipinski definition) is 8. The van der Waals surface area contributed by atoms with E-state index < -0.39 is 11.7 Å². The Labute approximate surface area is 283 Å². The first-order valence-corrected chi connectivity index (χ1v) is 17.5. The number of aliphatic hydroxyl groups is 1. The van der Waals surface area contributed by atoms with Crippen LogP contribution in [-0.2, 0) is 33.3 Å². The van der Waals surface area contributed by atoms with Gasteiger partial charge in [0.25, 0.3) is 0 Å². The number of hydrogen-bond donors (Lipinski definition) is 2. The number of likely N-dealkylation sites (tertiary alicyclic amines) is 1. The van der Waals surface area contributed by atoms with Crippen molar-refractivity contribution in [3.8, 4) is 0 Å². The molecule has 1 saturated heterocycles. The highest BCUT2D eigenvalue weighted by atomic mass is 16.5. The molecule has 2 unspecified atom stereocenters. The second kappa shape index (κ2) is 26.4. The van der Waals surface area contributed by atoms with E-state index in [4.69, 9.17) is 18.9 Å². The molecule has 1 fully saturated rings. The molecule has 46 heavy (non-hydrogen) atoms. The first kappa shape index (κ1) is 48.8. The van der Waals surface area contributed by atoms with Crippen LogP contribution in [0.2, 0.25) is 0 Å². The lowest BCUT2D eigenvalue weighted by Gasteiger charge is -2.28. The molecule has 2 atom stereocenters. The molecule has 10 nitrogen and oxygen atoms in total. The van der Waals surface area contributed by atoms with Gasteiger partial charge in [-0.1, -0.05) is 48.5 Å². The first-order chi connectivity index (χ1) is 21.2. The molecule has 0 bridgehead atoms. The van der Waals surface area contributed by atoms with Crippen molar-refractivity contribution in [3.63, 3.8) is 0 Å². The lowest BCUT2D eigenvalue weighted by atomic mass is 10.1. The number of ether oxygens (including phenoxy) is 4. The Hall–Kier alpha value is -1.59. The average Bonchev–Trinajstić information content (AvgIpc) is 3.19. The number of imide groups is 1. The number of rotatable bonds is 18. The predicted octanol–water partition coefficient (Wildman–Crippen LogP) is 6.56. The zero-order valence-electron chi connectivity index (χ0n) is 32.5. The summed E-state index contributed by atoms with van der Waals surface area (Å²) in [6, 6.07) is 0. The third-order valence-electron chi connectivity index (χ3n) is 6.27. The summed E-state index contributed by atoms with van der Waals surface area (Å²) in [5, 5.41) is 12.8. The van der Waals surface area contributed by atoms with Gasteiger partial charge in [0.15, 0.2) is 0 Å². The molecule has 0 spiro atoms. The molecule has 10 heteroatoms. The second-order valence-corrected chi connectivity index (χ2v) is 14.1. The van der Waals surface area contributed by atoms with Crippen LogP contribution in [0.4, 0.5) is 0 Å². The lowest BCUT2D eigenvalue weighted by Crippen LogP contribution is -2.35. The Morgan fingerprint density at radius 1 is 0.891 bits per heavy atom. The number of aliphatic hydroxyl groups excluding tert-OH is 1. The highest BCUT2D eigenvalue weighted by Gasteiger charge is 2.35. The molecule has 276 valence electrons. The molecule has 0 aromatic carbocycles. The molecule has 1 aliphatic rings. The van der Waals surface area contributed by atoms with E-state index in [1.807, 2.05) is 62.3 Å². The van der Waals surface area contributed by atoms with Crippen molar-refractivity contribution in [1.29, 1.82) is 0 Å². The van der Waals surface area contributed by atoms with Crippen LogP contribution in [-0.4, -0.2) is 96.8 Å². The van der Waals surface area contributed by atoms with Crippen LogP contribution < -0.4 is 5.32 Å².